The van der Waals surface area contributed by atoms with Gasteiger partial charge in [0.25, 0.3) is 5.91 Å². The van der Waals surface area contributed by atoms with Crippen molar-refractivity contribution in [1.29, 1.82) is 0 Å². The Balaban J connectivity index is 1.38. The monoisotopic (exact) mass is 515 g/mol. The Bertz CT molecular complexity index is 1450. The van der Waals surface area contributed by atoms with Crippen LogP contribution in [0.25, 0.3) is 22.4 Å². The molecule has 3 amide bonds. The standard InChI is InChI=1S/C28H29N5O5/c29-28(37)30-20-9-6-17(7-10-20)14-23(27(35)36)32-26(34)18-8-11-24-22(15-18)31-25(19-12-13-38-16-19)33(24)21-4-2-1-3-5-21/h6-13,15-16,21,23H,1-5,14H2,(H,32,34)(H,35,36)(H3,29,30,37)/t23-/m0/s1. The largest absolute Gasteiger partial charge is 0.480 e. The number of furan rings is 1. The van der Waals surface area contributed by atoms with E-state index in [9.17, 15) is 19.5 Å². The highest BCUT2D eigenvalue weighted by Crippen LogP contribution is 2.36. The Hall–Kier alpha value is -4.60. The lowest BCUT2D eigenvalue weighted by atomic mass is 9.95. The van der Waals surface area contributed by atoms with Gasteiger partial charge in [-0.05, 0) is 54.8 Å². The lowest BCUT2D eigenvalue weighted by Gasteiger charge is -2.25. The first-order valence-electron chi connectivity index (χ1n) is 12.6. The number of rotatable bonds is 8. The van der Waals surface area contributed by atoms with Gasteiger partial charge in [-0.15, -0.1) is 0 Å². The highest BCUT2D eigenvalue weighted by molar-refractivity contribution is 5.99. The van der Waals surface area contributed by atoms with E-state index in [0.29, 0.717) is 28.4 Å². The van der Waals surface area contributed by atoms with E-state index in [1.807, 2.05) is 12.1 Å². The van der Waals surface area contributed by atoms with Crippen molar-refractivity contribution in [3.05, 3.63) is 72.2 Å². The normalized spacial score (nSPS) is 14.7. The molecule has 0 aliphatic heterocycles. The van der Waals surface area contributed by atoms with Gasteiger partial charge in [0, 0.05) is 23.7 Å². The third kappa shape index (κ3) is 5.39. The van der Waals surface area contributed by atoms with Gasteiger partial charge in [0.1, 0.15) is 18.1 Å². The molecule has 1 aliphatic rings. The summed E-state index contributed by atoms with van der Waals surface area (Å²) in [6.07, 6.45) is 9.05. The van der Waals surface area contributed by atoms with Gasteiger partial charge >= 0.3 is 12.0 Å². The molecule has 10 nitrogen and oxygen atoms in total. The number of urea groups is 1. The van der Waals surface area contributed by atoms with Crippen LogP contribution in [0.5, 0.6) is 0 Å². The fourth-order valence-electron chi connectivity index (χ4n) is 5.09. The second kappa shape index (κ2) is 10.8. The molecule has 2 heterocycles. The van der Waals surface area contributed by atoms with Crippen molar-refractivity contribution in [2.24, 2.45) is 5.73 Å². The number of hydrogen-bond donors (Lipinski definition) is 4. The number of amides is 3. The van der Waals surface area contributed by atoms with Crippen LogP contribution in [0.4, 0.5) is 10.5 Å². The Morgan fingerprint density at radius 1 is 1.08 bits per heavy atom. The number of carbonyl (C=O) groups is 3. The first-order chi connectivity index (χ1) is 18.4. The first kappa shape index (κ1) is 25.1. The van der Waals surface area contributed by atoms with Gasteiger partial charge in [-0.3, -0.25) is 4.79 Å². The number of anilines is 1. The number of primary amides is 1. The maximum Gasteiger partial charge on any atom is 0.326 e. The molecule has 0 radical (unpaired) electrons. The molecule has 0 unspecified atom stereocenters. The van der Waals surface area contributed by atoms with Gasteiger partial charge in [-0.25, -0.2) is 14.6 Å². The SMILES string of the molecule is NC(=O)Nc1ccc(C[C@H](NC(=O)c2ccc3c(c2)nc(-c2ccoc2)n3C2CCCCC2)C(=O)O)cc1. The van der Waals surface area contributed by atoms with E-state index in [2.05, 4.69) is 15.2 Å². The lowest BCUT2D eigenvalue weighted by Crippen LogP contribution is -2.42. The van der Waals surface area contributed by atoms with Gasteiger partial charge in [-0.2, -0.15) is 0 Å². The topological polar surface area (TPSA) is 152 Å². The molecule has 5 N–H and O–H groups in total. The zero-order chi connectivity index (χ0) is 26.6. The zero-order valence-electron chi connectivity index (χ0n) is 20.7. The molecule has 38 heavy (non-hydrogen) atoms. The molecule has 5 rings (SSSR count). The van der Waals surface area contributed by atoms with Crippen LogP contribution in [-0.2, 0) is 11.2 Å². The molecule has 0 saturated heterocycles. The van der Waals surface area contributed by atoms with Crippen LogP contribution in [-0.4, -0.2) is 38.6 Å². The quantitative estimate of drug-likeness (QED) is 0.266. The number of nitrogens with two attached hydrogens (primary N) is 1. The predicted molar refractivity (Wildman–Crippen MR) is 142 cm³/mol. The lowest BCUT2D eigenvalue weighted by molar-refractivity contribution is -0.139. The first-order valence-corrected chi connectivity index (χ1v) is 12.6. The summed E-state index contributed by atoms with van der Waals surface area (Å²) in [5.74, 6) is -0.845. The number of nitrogens with zero attached hydrogens (tertiary/aromatic N) is 2. The summed E-state index contributed by atoms with van der Waals surface area (Å²) in [7, 11) is 0. The van der Waals surface area contributed by atoms with E-state index in [1.165, 1.54) is 6.42 Å². The smallest absolute Gasteiger partial charge is 0.326 e. The van der Waals surface area contributed by atoms with E-state index in [0.717, 1.165) is 42.6 Å². The summed E-state index contributed by atoms with van der Waals surface area (Å²) in [5, 5.41) is 14.8. The number of carboxylic acid groups (broad SMARTS) is 1. The minimum Gasteiger partial charge on any atom is -0.480 e. The third-order valence-electron chi connectivity index (χ3n) is 6.94. The number of fused-ring (bicyclic) bond motifs is 1. The molecule has 2 aromatic carbocycles. The molecule has 1 saturated carbocycles. The van der Waals surface area contributed by atoms with Gasteiger partial charge in [0.15, 0.2) is 0 Å². The number of carboxylic acids is 1. The van der Waals surface area contributed by atoms with E-state index < -0.39 is 23.9 Å². The number of carbonyl (C=O) groups excluding carboxylic acids is 2. The van der Waals surface area contributed by atoms with Crippen molar-refractivity contribution in [3.8, 4) is 11.4 Å². The predicted octanol–water partition coefficient (Wildman–Crippen LogP) is 4.72. The van der Waals surface area contributed by atoms with Crippen LogP contribution in [0.1, 0.15) is 54.1 Å². The van der Waals surface area contributed by atoms with Crippen molar-refractivity contribution in [1.82, 2.24) is 14.9 Å². The van der Waals surface area contributed by atoms with E-state index in [4.69, 9.17) is 15.1 Å². The summed E-state index contributed by atoms with van der Waals surface area (Å²) < 4.78 is 7.56. The molecule has 2 aromatic heterocycles. The van der Waals surface area contributed by atoms with Crippen LogP contribution in [0.3, 0.4) is 0 Å². The summed E-state index contributed by atoms with van der Waals surface area (Å²) in [4.78, 5) is 40.9. The maximum absolute atomic E-state index is 13.1. The molecule has 0 spiro atoms. The molecule has 1 aliphatic carbocycles. The molecule has 4 aromatic rings. The number of hydrogen-bond acceptors (Lipinski definition) is 5. The van der Waals surface area contributed by atoms with Gasteiger partial charge < -0.3 is 30.5 Å². The van der Waals surface area contributed by atoms with Gasteiger partial charge in [-0.1, -0.05) is 31.4 Å². The molecule has 0 bridgehead atoms. The minimum absolute atomic E-state index is 0.0705. The number of aromatic nitrogens is 2. The van der Waals surface area contributed by atoms with Crippen molar-refractivity contribution >= 4 is 34.6 Å². The Kier molecular flexibility index (Phi) is 7.12. The second-order valence-electron chi connectivity index (χ2n) is 9.57. The maximum atomic E-state index is 13.1. The molecule has 196 valence electrons. The van der Waals surface area contributed by atoms with Crippen LogP contribution in [0.2, 0.25) is 0 Å². The van der Waals surface area contributed by atoms with E-state index in [-0.39, 0.29) is 6.42 Å². The van der Waals surface area contributed by atoms with Gasteiger partial charge in [0.2, 0.25) is 0 Å². The van der Waals surface area contributed by atoms with Crippen molar-refractivity contribution in [3.63, 3.8) is 0 Å². The molecule has 1 atom stereocenters. The van der Waals surface area contributed by atoms with Crippen LogP contribution >= 0.6 is 0 Å². The van der Waals surface area contributed by atoms with E-state index >= 15 is 0 Å². The van der Waals surface area contributed by atoms with Crippen LogP contribution in [0, 0.1) is 0 Å². The van der Waals surface area contributed by atoms with E-state index in [1.54, 1.807) is 48.9 Å². The molecular weight excluding hydrogens is 486 g/mol. The number of nitrogens with one attached hydrogen (secondary N) is 2. The van der Waals surface area contributed by atoms with Gasteiger partial charge in [0.05, 0.1) is 22.9 Å². The van der Waals surface area contributed by atoms with Crippen molar-refractivity contribution < 1.29 is 23.9 Å². The second-order valence-corrected chi connectivity index (χ2v) is 9.57. The third-order valence-corrected chi connectivity index (χ3v) is 6.94. The molecule has 1 fully saturated rings. The summed E-state index contributed by atoms with van der Waals surface area (Å²) in [5.41, 5.74) is 9.10. The summed E-state index contributed by atoms with van der Waals surface area (Å²) >= 11 is 0. The van der Waals surface area contributed by atoms with Crippen LogP contribution in [0.15, 0.2) is 65.5 Å². The fourth-order valence-corrected chi connectivity index (χ4v) is 5.09. The number of benzene rings is 2. The Morgan fingerprint density at radius 2 is 1.84 bits per heavy atom. The highest BCUT2D eigenvalue weighted by atomic mass is 16.4. The zero-order valence-corrected chi connectivity index (χ0v) is 20.7. The number of imidazole rings is 1. The Morgan fingerprint density at radius 3 is 2.50 bits per heavy atom. The molecular formula is C28H29N5O5. The Labute approximate surface area is 218 Å². The van der Waals surface area contributed by atoms with Crippen molar-refractivity contribution in [2.45, 2.75) is 50.6 Å². The van der Waals surface area contributed by atoms with Crippen LogP contribution < -0.4 is 16.4 Å². The summed E-state index contributed by atoms with van der Waals surface area (Å²) in [6.45, 7) is 0. The summed E-state index contributed by atoms with van der Waals surface area (Å²) in [6, 6.07) is 12.3. The average molecular weight is 516 g/mol. The van der Waals surface area contributed by atoms with Crippen molar-refractivity contribution in [2.75, 3.05) is 5.32 Å². The molecule has 10 heteroatoms. The fraction of sp³-hybridized carbons (Fsp3) is 0.286. The number of aliphatic carboxylic acids is 1. The highest BCUT2D eigenvalue weighted by Gasteiger charge is 2.25. The minimum atomic E-state index is -1.15. The average Bonchev–Trinajstić information content (AvgIpc) is 3.57.